The molecule has 0 aliphatic rings. The third-order valence-electron chi connectivity index (χ3n) is 2.87. The second kappa shape index (κ2) is 5.29. The van der Waals surface area contributed by atoms with Gasteiger partial charge in [-0.3, -0.25) is 19.8 Å². The maximum Gasteiger partial charge on any atom is 0.433 e. The van der Waals surface area contributed by atoms with Gasteiger partial charge in [0.1, 0.15) is 10.6 Å². The van der Waals surface area contributed by atoms with E-state index in [1.54, 1.807) is 13.2 Å². The van der Waals surface area contributed by atoms with Gasteiger partial charge in [-0.15, -0.1) is 0 Å². The number of aromatic nitrogens is 4. The normalized spacial score (nSPS) is 11.3. The molecule has 0 fully saturated rings. The van der Waals surface area contributed by atoms with Crippen LogP contribution < -0.4 is 5.69 Å². The van der Waals surface area contributed by atoms with Crippen LogP contribution in [0, 0.1) is 10.1 Å². The number of rotatable bonds is 4. The molecule has 11 nitrogen and oxygen atoms in total. The molecule has 0 radical (unpaired) electrons. The highest BCUT2D eigenvalue weighted by Gasteiger charge is 2.17. The van der Waals surface area contributed by atoms with Gasteiger partial charge in [0.25, 0.3) is 0 Å². The van der Waals surface area contributed by atoms with Gasteiger partial charge in [0.05, 0.1) is 18.5 Å². The van der Waals surface area contributed by atoms with Crippen LogP contribution in [0.4, 0.5) is 5.88 Å². The quantitative estimate of drug-likeness (QED) is 0.411. The lowest BCUT2D eigenvalue weighted by molar-refractivity contribution is -0.401. The van der Waals surface area contributed by atoms with Gasteiger partial charge >= 0.3 is 11.6 Å². The predicted octanol–water partition coefficient (Wildman–Crippen LogP) is 0.666. The molecular formula is C12H10N6O5. The van der Waals surface area contributed by atoms with Crippen molar-refractivity contribution < 1.29 is 14.4 Å². The number of nitrogens with one attached hydrogen (secondary N) is 1. The van der Waals surface area contributed by atoms with Gasteiger partial charge in [0, 0.05) is 18.8 Å². The number of nitrogens with zero attached hydrogens (tertiary/aromatic N) is 5. The van der Waals surface area contributed by atoms with Gasteiger partial charge in [-0.05, 0) is 6.07 Å². The summed E-state index contributed by atoms with van der Waals surface area (Å²) in [5.41, 5.74) is 0.194. The van der Waals surface area contributed by atoms with Gasteiger partial charge in [0.2, 0.25) is 5.88 Å². The predicted molar refractivity (Wildman–Crippen MR) is 77.3 cm³/mol. The average molecular weight is 318 g/mol. The van der Waals surface area contributed by atoms with Gasteiger partial charge in [0.15, 0.2) is 5.76 Å². The first kappa shape index (κ1) is 14.3. The lowest BCUT2D eigenvalue weighted by Crippen LogP contribution is -2.11. The van der Waals surface area contributed by atoms with E-state index in [2.05, 4.69) is 15.2 Å². The zero-order chi connectivity index (χ0) is 16.6. The summed E-state index contributed by atoms with van der Waals surface area (Å²) in [6.45, 7) is 0. The first-order valence-electron chi connectivity index (χ1n) is 6.27. The minimum atomic E-state index is -0.650. The van der Waals surface area contributed by atoms with Crippen LogP contribution >= 0.6 is 0 Å². The summed E-state index contributed by atoms with van der Waals surface area (Å²) in [5, 5.41) is 27.9. The third kappa shape index (κ3) is 2.74. The average Bonchev–Trinajstić information content (AvgIpc) is 3.15. The summed E-state index contributed by atoms with van der Waals surface area (Å²) in [4.78, 5) is 23.6. The first-order chi connectivity index (χ1) is 10.9. The van der Waals surface area contributed by atoms with Crippen LogP contribution in [0.1, 0.15) is 5.56 Å². The summed E-state index contributed by atoms with van der Waals surface area (Å²) < 4.78 is 7.49. The SMILES string of the molecule is Cn1cc(C=Nn2cc(O)[nH]c2=O)c(-c2ccc([N+](=O)[O-])o2)n1. The van der Waals surface area contributed by atoms with Crippen molar-refractivity contribution in [2.45, 2.75) is 0 Å². The Hall–Kier alpha value is -3.63. The van der Waals surface area contributed by atoms with E-state index in [4.69, 9.17) is 4.42 Å². The highest BCUT2D eigenvalue weighted by Crippen LogP contribution is 2.26. The van der Waals surface area contributed by atoms with Crippen molar-refractivity contribution in [3.05, 3.63) is 50.7 Å². The molecule has 0 saturated heterocycles. The Balaban J connectivity index is 1.98. The highest BCUT2D eigenvalue weighted by atomic mass is 16.6. The third-order valence-corrected chi connectivity index (χ3v) is 2.87. The molecule has 11 heteroatoms. The number of aromatic amines is 1. The number of imidazole rings is 1. The summed E-state index contributed by atoms with van der Waals surface area (Å²) in [6.07, 6.45) is 4.03. The van der Waals surface area contributed by atoms with Crippen LogP contribution in [0.3, 0.4) is 0 Å². The minimum Gasteiger partial charge on any atom is -0.493 e. The molecule has 0 unspecified atom stereocenters. The number of furan rings is 1. The van der Waals surface area contributed by atoms with Gasteiger partial charge in [-0.25, -0.2) is 4.79 Å². The Morgan fingerprint density at radius 1 is 1.48 bits per heavy atom. The molecule has 0 aliphatic heterocycles. The van der Waals surface area contributed by atoms with Gasteiger partial charge < -0.3 is 9.52 Å². The van der Waals surface area contributed by atoms with E-state index in [0.717, 1.165) is 10.9 Å². The lowest BCUT2D eigenvalue weighted by Gasteiger charge is -1.92. The summed E-state index contributed by atoms with van der Waals surface area (Å²) >= 11 is 0. The molecule has 0 aliphatic carbocycles. The molecule has 3 rings (SSSR count). The molecular weight excluding hydrogens is 308 g/mol. The topological polar surface area (TPSA) is 144 Å². The van der Waals surface area contributed by atoms with Crippen molar-refractivity contribution in [2.75, 3.05) is 0 Å². The van der Waals surface area contributed by atoms with Crippen molar-refractivity contribution in [1.29, 1.82) is 0 Å². The summed E-state index contributed by atoms with van der Waals surface area (Å²) in [6, 6.07) is 2.64. The number of aryl methyl sites for hydroxylation is 1. The van der Waals surface area contributed by atoms with Crippen molar-refractivity contribution in [1.82, 2.24) is 19.4 Å². The van der Waals surface area contributed by atoms with Crippen LogP contribution in [-0.2, 0) is 7.05 Å². The summed E-state index contributed by atoms with van der Waals surface area (Å²) in [5.74, 6) is -0.524. The van der Waals surface area contributed by atoms with Gasteiger partial charge in [-0.1, -0.05) is 0 Å². The standard InChI is InChI=1S/C12H10N6O5/c1-16-5-7(4-13-17-6-9(19)14-12(17)20)11(15-16)8-2-3-10(23-8)18(21)22/h2-6,19H,1H3,(H,14,20). The Bertz CT molecular complexity index is 959. The second-order valence-corrected chi connectivity index (χ2v) is 4.54. The Labute approximate surface area is 127 Å². The van der Waals surface area contributed by atoms with Gasteiger partial charge in [-0.2, -0.15) is 14.9 Å². The van der Waals surface area contributed by atoms with E-state index >= 15 is 0 Å². The number of nitro groups is 1. The van der Waals surface area contributed by atoms with Crippen LogP contribution in [0.15, 0.2) is 38.8 Å². The molecule has 3 heterocycles. The van der Waals surface area contributed by atoms with E-state index in [-0.39, 0.29) is 11.6 Å². The minimum absolute atomic E-state index is 0.197. The number of H-pyrrole nitrogens is 1. The molecule has 3 aromatic heterocycles. The largest absolute Gasteiger partial charge is 0.493 e. The number of aromatic hydroxyl groups is 1. The Morgan fingerprint density at radius 3 is 2.87 bits per heavy atom. The van der Waals surface area contributed by atoms with E-state index in [9.17, 15) is 20.0 Å². The van der Waals surface area contributed by atoms with Crippen LogP contribution in [-0.4, -0.2) is 35.7 Å². The van der Waals surface area contributed by atoms with Crippen molar-refractivity contribution in [2.24, 2.45) is 12.1 Å². The zero-order valence-electron chi connectivity index (χ0n) is 11.7. The number of hydrogen-bond donors (Lipinski definition) is 2. The maximum absolute atomic E-state index is 11.4. The Kier molecular flexibility index (Phi) is 3.29. The first-order valence-corrected chi connectivity index (χ1v) is 6.27. The van der Waals surface area contributed by atoms with Crippen molar-refractivity contribution in [3.8, 4) is 17.3 Å². The molecule has 2 N–H and O–H groups in total. The van der Waals surface area contributed by atoms with E-state index in [0.29, 0.717) is 11.3 Å². The lowest BCUT2D eigenvalue weighted by atomic mass is 10.2. The van der Waals surface area contributed by atoms with Crippen molar-refractivity contribution in [3.63, 3.8) is 0 Å². The molecule has 0 bridgehead atoms. The fourth-order valence-corrected chi connectivity index (χ4v) is 1.93. The highest BCUT2D eigenvalue weighted by molar-refractivity contribution is 5.87. The monoisotopic (exact) mass is 318 g/mol. The fraction of sp³-hybridized carbons (Fsp3) is 0.0833. The summed E-state index contributed by atoms with van der Waals surface area (Å²) in [7, 11) is 1.66. The van der Waals surface area contributed by atoms with Crippen LogP contribution in [0.25, 0.3) is 11.5 Å². The zero-order valence-corrected chi connectivity index (χ0v) is 11.7. The molecule has 0 spiro atoms. The molecule has 0 saturated carbocycles. The molecule has 0 atom stereocenters. The van der Waals surface area contributed by atoms with E-state index in [1.807, 2.05) is 0 Å². The van der Waals surface area contributed by atoms with Crippen molar-refractivity contribution >= 4 is 12.1 Å². The molecule has 3 aromatic rings. The van der Waals surface area contributed by atoms with Crippen LogP contribution in [0.2, 0.25) is 0 Å². The number of hydrogen-bond acceptors (Lipinski definition) is 7. The second-order valence-electron chi connectivity index (χ2n) is 4.54. The van der Waals surface area contributed by atoms with E-state index < -0.39 is 16.5 Å². The fourth-order valence-electron chi connectivity index (χ4n) is 1.93. The molecule has 118 valence electrons. The smallest absolute Gasteiger partial charge is 0.433 e. The maximum atomic E-state index is 11.4. The van der Waals surface area contributed by atoms with E-state index in [1.165, 1.54) is 23.0 Å². The molecule has 0 aromatic carbocycles. The Morgan fingerprint density at radius 2 is 2.26 bits per heavy atom. The molecule has 0 amide bonds. The van der Waals surface area contributed by atoms with Crippen LogP contribution in [0.5, 0.6) is 5.88 Å². The molecule has 23 heavy (non-hydrogen) atoms.